The third-order valence-corrected chi connectivity index (χ3v) is 5.23. The van der Waals surface area contributed by atoms with Crippen molar-refractivity contribution in [2.24, 2.45) is 0 Å². The van der Waals surface area contributed by atoms with Crippen molar-refractivity contribution in [3.63, 3.8) is 0 Å². The highest BCUT2D eigenvalue weighted by molar-refractivity contribution is 6.81. The van der Waals surface area contributed by atoms with E-state index in [1.54, 1.807) is 12.2 Å². The molecule has 0 saturated heterocycles. The van der Waals surface area contributed by atoms with E-state index in [1.165, 1.54) is 0 Å². The fraction of sp³-hybridized carbons (Fsp3) is 0.500. The van der Waals surface area contributed by atoms with Crippen LogP contribution in [0.5, 0.6) is 0 Å². The molecule has 0 aliphatic rings. The summed E-state index contributed by atoms with van der Waals surface area (Å²) < 4.78 is 0. The number of carboxylic acids is 2. The zero-order chi connectivity index (χ0) is 17.6. The van der Waals surface area contributed by atoms with E-state index >= 15 is 0 Å². The Morgan fingerprint density at radius 3 is 1.18 bits per heavy atom. The average Bonchev–Trinajstić information content (AvgIpc) is 2.27. The first kappa shape index (κ1) is 20.6. The van der Waals surface area contributed by atoms with Crippen LogP contribution in [0.3, 0.4) is 0 Å². The molecule has 0 fully saturated rings. The van der Waals surface area contributed by atoms with Crippen LogP contribution < -0.4 is 0 Å². The van der Waals surface area contributed by atoms with Crippen molar-refractivity contribution < 1.29 is 19.8 Å². The molecule has 124 valence electrons. The van der Waals surface area contributed by atoms with Crippen molar-refractivity contribution in [2.75, 3.05) is 0 Å². The zero-order valence-corrected chi connectivity index (χ0v) is 16.4. The normalized spacial score (nSPS) is 14.5. The molecule has 0 spiro atoms. The predicted octanol–water partition coefficient (Wildman–Crippen LogP) is 4.10. The summed E-state index contributed by atoms with van der Waals surface area (Å²) in [7, 11) is -2.85. The fourth-order valence-electron chi connectivity index (χ4n) is 1.74. The maximum absolute atomic E-state index is 11.4. The van der Waals surface area contributed by atoms with Gasteiger partial charge in [0, 0.05) is 0 Å². The Hall–Kier alpha value is -1.41. The molecule has 0 aromatic carbocycles. The molecule has 4 nitrogen and oxygen atoms in total. The molecule has 0 bridgehead atoms. The maximum atomic E-state index is 11.4. The van der Waals surface area contributed by atoms with Gasteiger partial charge < -0.3 is 10.2 Å². The Bertz CT molecular complexity index is 457. The van der Waals surface area contributed by atoms with E-state index in [2.05, 4.69) is 39.3 Å². The minimum absolute atomic E-state index is 0.0257. The third-order valence-electron chi connectivity index (χ3n) is 2.76. The van der Waals surface area contributed by atoms with Gasteiger partial charge in [0.15, 0.2) is 0 Å². The van der Waals surface area contributed by atoms with Gasteiger partial charge in [0.1, 0.15) is 0 Å². The average molecular weight is 341 g/mol. The molecular weight excluding hydrogens is 312 g/mol. The number of carbonyl (C=O) groups is 2. The maximum Gasteiger partial charge on any atom is 0.332 e. The molecule has 0 saturated carbocycles. The number of aliphatic carboxylic acids is 2. The molecule has 0 rings (SSSR count). The van der Waals surface area contributed by atoms with Gasteiger partial charge >= 0.3 is 11.9 Å². The van der Waals surface area contributed by atoms with Gasteiger partial charge in [-0.3, -0.25) is 0 Å². The number of hydrogen-bond acceptors (Lipinski definition) is 2. The summed E-state index contributed by atoms with van der Waals surface area (Å²) >= 11 is 0. The first-order valence-corrected chi connectivity index (χ1v) is 14.5. The second-order valence-electron chi connectivity index (χ2n) is 7.51. The summed E-state index contributed by atoms with van der Waals surface area (Å²) in [6.45, 7) is 12.8. The van der Waals surface area contributed by atoms with Gasteiger partial charge in [-0.1, -0.05) is 62.8 Å². The van der Waals surface area contributed by atoms with Crippen LogP contribution in [0.15, 0.2) is 34.7 Å². The highest BCUT2D eigenvalue weighted by Crippen LogP contribution is 2.17. The van der Waals surface area contributed by atoms with Gasteiger partial charge in [-0.2, -0.15) is 0 Å². The Morgan fingerprint density at radius 1 is 0.727 bits per heavy atom. The quantitative estimate of drug-likeness (QED) is 0.515. The van der Waals surface area contributed by atoms with Gasteiger partial charge in [0.2, 0.25) is 0 Å². The molecule has 6 heteroatoms. The smallest absolute Gasteiger partial charge is 0.332 e. The van der Waals surface area contributed by atoms with E-state index in [0.717, 1.165) is 0 Å². The lowest BCUT2D eigenvalue weighted by Crippen LogP contribution is -2.16. The largest absolute Gasteiger partial charge is 0.478 e. The SMILES string of the molecule is C[Si](C)(C)/C=C/C/C(C(=O)O)=C(/C/C=C/[Si](C)(C)C)C(=O)O. The highest BCUT2D eigenvalue weighted by Gasteiger charge is 2.19. The molecule has 0 aromatic heterocycles. The monoisotopic (exact) mass is 340 g/mol. The minimum atomic E-state index is -1.42. The summed E-state index contributed by atoms with van der Waals surface area (Å²) in [6.07, 6.45) is 3.89. The lowest BCUT2D eigenvalue weighted by atomic mass is 10.0. The fourth-order valence-corrected chi connectivity index (χ4v) is 3.39. The van der Waals surface area contributed by atoms with Gasteiger partial charge in [0.25, 0.3) is 0 Å². The molecular formula is C16H28O4Si2. The summed E-state index contributed by atoms with van der Waals surface area (Å²) in [6, 6.07) is 0. The lowest BCUT2D eigenvalue weighted by Gasteiger charge is -2.10. The van der Waals surface area contributed by atoms with Crippen LogP contribution in [-0.4, -0.2) is 38.3 Å². The van der Waals surface area contributed by atoms with E-state index in [4.69, 9.17) is 0 Å². The summed E-state index contributed by atoms with van der Waals surface area (Å²) in [5, 5.41) is 18.6. The van der Waals surface area contributed by atoms with Crippen molar-refractivity contribution in [1.82, 2.24) is 0 Å². The predicted molar refractivity (Wildman–Crippen MR) is 96.5 cm³/mol. The van der Waals surface area contributed by atoms with E-state index < -0.39 is 28.1 Å². The van der Waals surface area contributed by atoms with Crippen LogP contribution in [0.25, 0.3) is 0 Å². The lowest BCUT2D eigenvalue weighted by molar-refractivity contribution is -0.136. The first-order valence-electron chi connectivity index (χ1n) is 7.37. The van der Waals surface area contributed by atoms with Crippen molar-refractivity contribution in [3.05, 3.63) is 34.7 Å². The van der Waals surface area contributed by atoms with Crippen molar-refractivity contribution >= 4 is 28.1 Å². The molecule has 0 unspecified atom stereocenters. The van der Waals surface area contributed by atoms with E-state index in [-0.39, 0.29) is 24.0 Å². The van der Waals surface area contributed by atoms with Gasteiger partial charge in [-0.15, -0.1) is 0 Å². The van der Waals surface area contributed by atoms with Crippen molar-refractivity contribution in [2.45, 2.75) is 52.1 Å². The Balaban J connectivity index is 5.41. The summed E-state index contributed by atoms with van der Waals surface area (Å²) in [4.78, 5) is 22.8. The minimum Gasteiger partial charge on any atom is -0.478 e. The standard InChI is InChI=1S/C16H28O4Si2/c1-21(2,3)11-7-9-13(15(17)18)14(16(19)20)10-8-12-22(4,5)6/h7-8,11-12H,9-10H2,1-6H3,(H,17,18)(H,19,20)/b11-7+,12-8+,14-13+. The van der Waals surface area contributed by atoms with Crippen LogP contribution in [0.1, 0.15) is 12.8 Å². The molecule has 0 atom stereocenters. The van der Waals surface area contributed by atoms with Crippen molar-refractivity contribution in [1.29, 1.82) is 0 Å². The first-order chi connectivity index (χ1) is 9.83. The molecule has 0 aliphatic carbocycles. The van der Waals surface area contributed by atoms with E-state index in [9.17, 15) is 19.8 Å². The second kappa shape index (κ2) is 8.29. The second-order valence-corrected chi connectivity index (χ2v) is 17.6. The zero-order valence-electron chi connectivity index (χ0n) is 14.4. The number of allylic oxidation sites excluding steroid dienone is 2. The number of hydrogen-bond donors (Lipinski definition) is 2. The summed E-state index contributed by atoms with van der Waals surface area (Å²) in [5.74, 6) is -2.31. The molecule has 0 aromatic rings. The number of rotatable bonds is 8. The van der Waals surface area contributed by atoms with Crippen LogP contribution in [0, 0.1) is 0 Å². The van der Waals surface area contributed by atoms with Gasteiger partial charge in [-0.25, -0.2) is 9.59 Å². The molecule has 0 amide bonds. The number of carboxylic acid groups (broad SMARTS) is 2. The van der Waals surface area contributed by atoms with Crippen LogP contribution in [-0.2, 0) is 9.59 Å². The Morgan fingerprint density at radius 2 is 1.00 bits per heavy atom. The van der Waals surface area contributed by atoms with Crippen molar-refractivity contribution in [3.8, 4) is 0 Å². The van der Waals surface area contributed by atoms with Gasteiger partial charge in [0.05, 0.1) is 27.3 Å². The molecule has 0 radical (unpaired) electrons. The van der Waals surface area contributed by atoms with Crippen LogP contribution >= 0.6 is 0 Å². The van der Waals surface area contributed by atoms with E-state index in [1.807, 2.05) is 11.4 Å². The van der Waals surface area contributed by atoms with Crippen LogP contribution in [0.4, 0.5) is 0 Å². The molecule has 0 heterocycles. The molecule has 0 aliphatic heterocycles. The summed E-state index contributed by atoms with van der Waals surface area (Å²) in [5.41, 5.74) is 4.02. The van der Waals surface area contributed by atoms with Crippen LogP contribution in [0.2, 0.25) is 39.3 Å². The Kier molecular flexibility index (Phi) is 7.76. The molecule has 22 heavy (non-hydrogen) atoms. The topological polar surface area (TPSA) is 74.6 Å². The Labute approximate surface area is 135 Å². The van der Waals surface area contributed by atoms with Gasteiger partial charge in [-0.05, 0) is 12.8 Å². The highest BCUT2D eigenvalue weighted by atomic mass is 28.3. The third kappa shape index (κ3) is 9.52. The molecule has 2 N–H and O–H groups in total. The van der Waals surface area contributed by atoms with E-state index in [0.29, 0.717) is 0 Å².